The predicted molar refractivity (Wildman–Crippen MR) is 69.5 cm³/mol. The van der Waals surface area contributed by atoms with Crippen molar-refractivity contribution in [1.82, 2.24) is 0 Å². The third-order valence-electron chi connectivity index (χ3n) is 2.44. The number of benzene rings is 1. The molecular formula is C12H17IO. The Morgan fingerprint density at radius 1 is 1.14 bits per heavy atom. The van der Waals surface area contributed by atoms with Crippen molar-refractivity contribution in [3.8, 4) is 0 Å². The number of halogens is 1. The number of alkyl halides is 3. The second-order valence-electron chi connectivity index (χ2n) is 3.68. The van der Waals surface area contributed by atoms with E-state index in [1.54, 1.807) is 5.56 Å². The molecule has 0 bridgehead atoms. The van der Waals surface area contributed by atoms with Gasteiger partial charge in [-0.1, -0.05) is 0 Å². The summed E-state index contributed by atoms with van der Waals surface area (Å²) in [4.78, 5) is 0. The Balaban J connectivity index is 1.92. The molecule has 1 aromatic rings. The maximum absolute atomic E-state index is 5.40. The predicted octanol–water partition coefficient (Wildman–Crippen LogP) is 3.03. The van der Waals surface area contributed by atoms with E-state index in [1.807, 2.05) is 0 Å². The Kier molecular flexibility index (Phi) is 3.81. The fraction of sp³-hybridized carbons (Fsp3) is 0.500. The second kappa shape index (κ2) is 5.12. The summed E-state index contributed by atoms with van der Waals surface area (Å²) < 4.78 is 9.55. The molecular weight excluding hydrogens is 287 g/mol. The van der Waals surface area contributed by atoms with E-state index in [0.717, 1.165) is 13.2 Å². The third kappa shape index (κ3) is 2.95. The molecule has 2 heteroatoms. The van der Waals surface area contributed by atoms with Crippen molar-refractivity contribution in [3.63, 3.8) is 0 Å². The minimum absolute atomic E-state index is 0.664. The molecule has 0 N–H and O–H groups in total. The normalized spacial score (nSPS) is 19.6. The van der Waals surface area contributed by atoms with Crippen LogP contribution in [0.25, 0.3) is 0 Å². The first-order valence-electron chi connectivity index (χ1n) is 5.05. The van der Waals surface area contributed by atoms with Crippen LogP contribution in [-0.4, -0.2) is 22.1 Å². The molecule has 0 aromatic heterocycles. The molecule has 0 radical (unpaired) electrons. The van der Waals surface area contributed by atoms with Gasteiger partial charge in [0, 0.05) is 0 Å². The summed E-state index contributed by atoms with van der Waals surface area (Å²) in [5, 5.41) is 0. The van der Waals surface area contributed by atoms with E-state index in [1.165, 1.54) is 18.8 Å². The summed E-state index contributed by atoms with van der Waals surface area (Å²) in [6.07, 6.45) is 0. The van der Waals surface area contributed by atoms with E-state index in [4.69, 9.17) is 4.74 Å². The number of ether oxygens (including phenoxy) is 1. The van der Waals surface area contributed by atoms with Gasteiger partial charge in [0.1, 0.15) is 0 Å². The van der Waals surface area contributed by atoms with Crippen LogP contribution in [0.1, 0.15) is 11.1 Å². The quantitative estimate of drug-likeness (QED) is 0.603. The number of aryl methyl sites for hydroxylation is 1. The fourth-order valence-corrected chi connectivity index (χ4v) is 6.48. The van der Waals surface area contributed by atoms with Crippen LogP contribution in [0.15, 0.2) is 24.3 Å². The Labute approximate surface area is 93.2 Å². The van der Waals surface area contributed by atoms with E-state index in [2.05, 4.69) is 31.2 Å². The summed E-state index contributed by atoms with van der Waals surface area (Å²) in [5.74, 6) is 0. The van der Waals surface area contributed by atoms with Crippen molar-refractivity contribution in [3.05, 3.63) is 35.4 Å². The molecule has 0 unspecified atom stereocenters. The Bertz CT molecular complexity index is 275. The average Bonchev–Trinajstić information content (AvgIpc) is 2.23. The van der Waals surface area contributed by atoms with Crippen LogP contribution in [0.4, 0.5) is 0 Å². The third-order valence-corrected chi connectivity index (χ3v) is 8.33. The first-order valence-corrected chi connectivity index (χ1v) is 9.63. The Morgan fingerprint density at radius 3 is 2.43 bits per heavy atom. The molecule has 0 aliphatic carbocycles. The molecule has 0 amide bonds. The average molecular weight is 304 g/mol. The molecule has 1 nitrogen and oxygen atoms in total. The molecule has 14 heavy (non-hydrogen) atoms. The molecule has 1 aromatic carbocycles. The summed E-state index contributed by atoms with van der Waals surface area (Å²) in [6.45, 7) is 4.20. The summed E-state index contributed by atoms with van der Waals surface area (Å²) in [5.41, 5.74) is 2.91. The van der Waals surface area contributed by atoms with Crippen molar-refractivity contribution in [1.29, 1.82) is 0 Å². The van der Waals surface area contributed by atoms with Gasteiger partial charge in [0.15, 0.2) is 0 Å². The standard InChI is InChI=1S/C12H17IO/c1-11-2-4-12(5-3-11)10-13-6-8-14-9-7-13/h2-5H,6-10H2,1H3. The molecule has 1 saturated heterocycles. The van der Waals surface area contributed by atoms with E-state index in [0.29, 0.717) is 0 Å². The summed E-state index contributed by atoms with van der Waals surface area (Å²) >= 11 is -0.664. The maximum atomic E-state index is 5.40. The van der Waals surface area contributed by atoms with Gasteiger partial charge >= 0.3 is 93.4 Å². The van der Waals surface area contributed by atoms with Crippen molar-refractivity contribution >= 4 is 19.8 Å². The van der Waals surface area contributed by atoms with Gasteiger partial charge in [0.05, 0.1) is 0 Å². The van der Waals surface area contributed by atoms with Crippen LogP contribution < -0.4 is 0 Å². The molecule has 1 heterocycles. The molecule has 0 spiro atoms. The van der Waals surface area contributed by atoms with Crippen molar-refractivity contribution < 1.29 is 4.74 Å². The van der Waals surface area contributed by atoms with Crippen LogP contribution in [-0.2, 0) is 9.16 Å². The zero-order chi connectivity index (χ0) is 9.80. The molecule has 2 rings (SSSR count). The molecule has 1 fully saturated rings. The van der Waals surface area contributed by atoms with E-state index in [9.17, 15) is 0 Å². The first kappa shape index (κ1) is 10.4. The van der Waals surface area contributed by atoms with Gasteiger partial charge in [0.2, 0.25) is 0 Å². The fourth-order valence-electron chi connectivity index (χ4n) is 1.55. The van der Waals surface area contributed by atoms with Crippen LogP contribution >= 0.6 is 19.8 Å². The Hall–Kier alpha value is -0.0900. The van der Waals surface area contributed by atoms with Crippen LogP contribution in [0.5, 0.6) is 0 Å². The number of rotatable bonds is 2. The van der Waals surface area contributed by atoms with Gasteiger partial charge < -0.3 is 0 Å². The van der Waals surface area contributed by atoms with E-state index < -0.39 is 19.8 Å². The van der Waals surface area contributed by atoms with Gasteiger partial charge in [-0.05, 0) is 0 Å². The Morgan fingerprint density at radius 2 is 1.79 bits per heavy atom. The van der Waals surface area contributed by atoms with E-state index in [-0.39, 0.29) is 0 Å². The summed E-state index contributed by atoms with van der Waals surface area (Å²) in [7, 11) is 0. The number of hydrogen-bond donors (Lipinski definition) is 0. The first-order chi connectivity index (χ1) is 6.84. The SMILES string of the molecule is Cc1ccc(CI2CCOCC2)cc1. The van der Waals surface area contributed by atoms with Crippen molar-refractivity contribution in [2.75, 3.05) is 22.1 Å². The van der Waals surface area contributed by atoms with Gasteiger partial charge in [-0.2, -0.15) is 0 Å². The van der Waals surface area contributed by atoms with Gasteiger partial charge in [-0.15, -0.1) is 0 Å². The molecule has 0 atom stereocenters. The van der Waals surface area contributed by atoms with Gasteiger partial charge in [-0.25, -0.2) is 0 Å². The summed E-state index contributed by atoms with van der Waals surface area (Å²) in [6, 6.07) is 9.04. The zero-order valence-corrected chi connectivity index (χ0v) is 10.8. The molecule has 0 saturated carbocycles. The second-order valence-corrected chi connectivity index (χ2v) is 9.83. The van der Waals surface area contributed by atoms with Crippen LogP contribution in [0, 0.1) is 6.92 Å². The molecule has 1 aliphatic rings. The number of hydrogen-bond acceptors (Lipinski definition) is 1. The van der Waals surface area contributed by atoms with E-state index >= 15 is 0 Å². The topological polar surface area (TPSA) is 9.23 Å². The molecule has 78 valence electrons. The van der Waals surface area contributed by atoms with Crippen molar-refractivity contribution in [2.24, 2.45) is 0 Å². The van der Waals surface area contributed by atoms with Crippen molar-refractivity contribution in [2.45, 2.75) is 11.4 Å². The molecule has 1 aliphatic heterocycles. The van der Waals surface area contributed by atoms with Gasteiger partial charge in [-0.3, -0.25) is 0 Å². The van der Waals surface area contributed by atoms with Gasteiger partial charge in [0.25, 0.3) is 0 Å². The monoisotopic (exact) mass is 304 g/mol. The van der Waals surface area contributed by atoms with Crippen LogP contribution in [0.2, 0.25) is 0 Å². The zero-order valence-electron chi connectivity index (χ0n) is 8.63. The van der Waals surface area contributed by atoms with Crippen LogP contribution in [0.3, 0.4) is 0 Å². The minimum atomic E-state index is -0.664.